The van der Waals surface area contributed by atoms with Gasteiger partial charge in [0.1, 0.15) is 0 Å². The lowest BCUT2D eigenvalue weighted by atomic mass is 10.1. The van der Waals surface area contributed by atoms with Gasteiger partial charge in [-0.3, -0.25) is 9.78 Å². The van der Waals surface area contributed by atoms with Crippen LogP contribution in [0.5, 0.6) is 0 Å². The number of aromatic nitrogens is 1. The minimum absolute atomic E-state index is 0.0646. The predicted molar refractivity (Wildman–Crippen MR) is 107 cm³/mol. The van der Waals surface area contributed by atoms with E-state index in [9.17, 15) is 13.2 Å². The van der Waals surface area contributed by atoms with Crippen molar-refractivity contribution in [3.63, 3.8) is 0 Å². The Kier molecular flexibility index (Phi) is 4.93. The molecular weight excluding hydrogens is 374 g/mol. The van der Waals surface area contributed by atoms with E-state index in [4.69, 9.17) is 0 Å². The number of nitrogens with one attached hydrogen (secondary N) is 1. The maximum absolute atomic E-state index is 13.0. The normalized spacial score (nSPS) is 13.4. The summed E-state index contributed by atoms with van der Waals surface area (Å²) in [5.74, 6) is -0.200. The summed E-state index contributed by atoms with van der Waals surface area (Å²) in [5, 5.41) is 0. The molecule has 0 atom stereocenters. The second kappa shape index (κ2) is 7.53. The fourth-order valence-electron chi connectivity index (χ4n) is 3.27. The summed E-state index contributed by atoms with van der Waals surface area (Å²) in [6.45, 7) is 0.724. The highest BCUT2D eigenvalue weighted by Crippen LogP contribution is 2.29. The van der Waals surface area contributed by atoms with Crippen molar-refractivity contribution in [1.29, 1.82) is 0 Å². The SMILES string of the molecule is O=C(c1cccc(S(=O)(=O)NCc2cccnc2)c1)N1CCc2ccccc21. The molecule has 0 saturated carbocycles. The maximum Gasteiger partial charge on any atom is 0.258 e. The topological polar surface area (TPSA) is 79.4 Å². The van der Waals surface area contributed by atoms with E-state index in [0.717, 1.165) is 23.2 Å². The van der Waals surface area contributed by atoms with Crippen molar-refractivity contribution in [2.75, 3.05) is 11.4 Å². The molecule has 0 saturated heterocycles. The lowest BCUT2D eigenvalue weighted by Crippen LogP contribution is -2.29. The number of anilines is 1. The number of hydrogen-bond acceptors (Lipinski definition) is 4. The van der Waals surface area contributed by atoms with Gasteiger partial charge in [-0.2, -0.15) is 0 Å². The third-order valence-electron chi connectivity index (χ3n) is 4.71. The Balaban J connectivity index is 1.55. The second-order valence-corrected chi connectivity index (χ2v) is 8.32. The van der Waals surface area contributed by atoms with Crippen LogP contribution in [-0.4, -0.2) is 25.9 Å². The monoisotopic (exact) mass is 393 g/mol. The van der Waals surface area contributed by atoms with Crippen LogP contribution in [-0.2, 0) is 23.0 Å². The van der Waals surface area contributed by atoms with E-state index in [1.807, 2.05) is 24.3 Å². The van der Waals surface area contributed by atoms with E-state index in [2.05, 4.69) is 9.71 Å². The van der Waals surface area contributed by atoms with Gasteiger partial charge in [0.15, 0.2) is 0 Å². The van der Waals surface area contributed by atoms with E-state index in [1.165, 1.54) is 12.1 Å². The van der Waals surface area contributed by atoms with Crippen molar-refractivity contribution in [3.05, 3.63) is 89.7 Å². The van der Waals surface area contributed by atoms with Gasteiger partial charge in [-0.15, -0.1) is 0 Å². The molecule has 6 nitrogen and oxygen atoms in total. The highest BCUT2D eigenvalue weighted by atomic mass is 32.2. The largest absolute Gasteiger partial charge is 0.308 e. The number of rotatable bonds is 5. The number of fused-ring (bicyclic) bond motifs is 1. The smallest absolute Gasteiger partial charge is 0.258 e. The van der Waals surface area contributed by atoms with Crippen LogP contribution in [0, 0.1) is 0 Å². The quantitative estimate of drug-likeness (QED) is 0.723. The number of hydrogen-bond donors (Lipinski definition) is 1. The summed E-state index contributed by atoms with van der Waals surface area (Å²) in [6, 6.07) is 17.5. The van der Waals surface area contributed by atoms with E-state index < -0.39 is 10.0 Å². The van der Waals surface area contributed by atoms with Crippen molar-refractivity contribution in [1.82, 2.24) is 9.71 Å². The third-order valence-corrected chi connectivity index (χ3v) is 6.11. The van der Waals surface area contributed by atoms with Crippen LogP contribution in [0.3, 0.4) is 0 Å². The lowest BCUT2D eigenvalue weighted by molar-refractivity contribution is 0.0989. The van der Waals surface area contributed by atoms with Crippen LogP contribution >= 0.6 is 0 Å². The van der Waals surface area contributed by atoms with Crippen molar-refractivity contribution in [3.8, 4) is 0 Å². The van der Waals surface area contributed by atoms with Crippen molar-refractivity contribution in [2.24, 2.45) is 0 Å². The van der Waals surface area contributed by atoms with E-state index >= 15 is 0 Å². The Morgan fingerprint density at radius 2 is 1.93 bits per heavy atom. The first-order valence-electron chi connectivity index (χ1n) is 8.93. The summed E-state index contributed by atoms with van der Waals surface area (Å²) in [7, 11) is -3.75. The van der Waals surface area contributed by atoms with Gasteiger partial charge in [-0.25, -0.2) is 13.1 Å². The molecule has 1 aliphatic heterocycles. The van der Waals surface area contributed by atoms with E-state index in [0.29, 0.717) is 12.1 Å². The Bertz CT molecular complexity index is 1110. The van der Waals surface area contributed by atoms with Gasteiger partial charge in [0.25, 0.3) is 5.91 Å². The molecule has 28 heavy (non-hydrogen) atoms. The van der Waals surface area contributed by atoms with Crippen molar-refractivity contribution in [2.45, 2.75) is 17.9 Å². The number of pyridine rings is 1. The average molecular weight is 393 g/mol. The Labute approximate surface area is 163 Å². The molecule has 1 N–H and O–H groups in total. The minimum atomic E-state index is -3.75. The first kappa shape index (κ1) is 18.3. The van der Waals surface area contributed by atoms with Crippen LogP contribution in [0.4, 0.5) is 5.69 Å². The summed E-state index contributed by atoms with van der Waals surface area (Å²) >= 11 is 0. The van der Waals surface area contributed by atoms with Crippen LogP contribution in [0.25, 0.3) is 0 Å². The van der Waals surface area contributed by atoms with Gasteiger partial charge >= 0.3 is 0 Å². The molecule has 142 valence electrons. The zero-order valence-electron chi connectivity index (χ0n) is 15.1. The molecule has 2 aromatic carbocycles. The van der Waals surface area contributed by atoms with Gasteiger partial charge in [-0.05, 0) is 47.9 Å². The average Bonchev–Trinajstić information content (AvgIpc) is 3.17. The Hall–Kier alpha value is -3.03. The molecule has 7 heteroatoms. The molecule has 2 heterocycles. The van der Waals surface area contributed by atoms with Crippen LogP contribution < -0.4 is 9.62 Å². The molecule has 0 radical (unpaired) electrons. The van der Waals surface area contributed by atoms with Gasteiger partial charge < -0.3 is 4.90 Å². The highest BCUT2D eigenvalue weighted by Gasteiger charge is 2.26. The number of nitrogens with zero attached hydrogens (tertiary/aromatic N) is 2. The molecule has 0 spiro atoms. The number of para-hydroxylation sites is 1. The molecule has 0 aliphatic carbocycles. The number of sulfonamides is 1. The second-order valence-electron chi connectivity index (χ2n) is 6.55. The molecule has 1 amide bonds. The van der Waals surface area contributed by atoms with Crippen LogP contribution in [0.2, 0.25) is 0 Å². The first-order chi connectivity index (χ1) is 13.5. The highest BCUT2D eigenvalue weighted by molar-refractivity contribution is 7.89. The fraction of sp³-hybridized carbons (Fsp3) is 0.143. The Morgan fingerprint density at radius 3 is 2.75 bits per heavy atom. The molecule has 3 aromatic rings. The zero-order chi connectivity index (χ0) is 19.6. The van der Waals surface area contributed by atoms with Gasteiger partial charge in [0, 0.05) is 36.7 Å². The third kappa shape index (κ3) is 3.67. The van der Waals surface area contributed by atoms with Gasteiger partial charge in [-0.1, -0.05) is 30.3 Å². The standard InChI is InChI=1S/C21H19N3O3S/c25-21(24-12-10-17-6-1-2-9-20(17)24)18-7-3-8-19(13-18)28(26,27)23-15-16-5-4-11-22-14-16/h1-9,11,13-14,23H,10,12,15H2. The number of carbonyl (C=O) groups is 1. The van der Waals surface area contributed by atoms with Gasteiger partial charge in [0.2, 0.25) is 10.0 Å². The summed E-state index contributed by atoms with van der Waals surface area (Å²) in [5.41, 5.74) is 3.11. The molecular formula is C21H19N3O3S. The summed E-state index contributed by atoms with van der Waals surface area (Å²) in [4.78, 5) is 18.7. The fourth-order valence-corrected chi connectivity index (χ4v) is 4.33. The number of carbonyl (C=O) groups excluding carboxylic acids is 1. The molecule has 0 fully saturated rings. The lowest BCUT2D eigenvalue weighted by Gasteiger charge is -2.18. The minimum Gasteiger partial charge on any atom is -0.308 e. The van der Waals surface area contributed by atoms with Crippen molar-refractivity contribution < 1.29 is 13.2 Å². The molecule has 4 rings (SSSR count). The number of amides is 1. The first-order valence-corrected chi connectivity index (χ1v) is 10.4. The molecule has 1 aromatic heterocycles. The maximum atomic E-state index is 13.0. The molecule has 1 aliphatic rings. The van der Waals surface area contributed by atoms with Crippen LogP contribution in [0.15, 0.2) is 78.0 Å². The van der Waals surface area contributed by atoms with Crippen molar-refractivity contribution >= 4 is 21.6 Å². The van der Waals surface area contributed by atoms with Gasteiger partial charge in [0.05, 0.1) is 4.90 Å². The summed E-state index contributed by atoms with van der Waals surface area (Å²) in [6.07, 6.45) is 4.03. The van der Waals surface area contributed by atoms with E-state index in [-0.39, 0.29) is 17.3 Å². The molecule has 0 unspecified atom stereocenters. The van der Waals surface area contributed by atoms with Crippen LogP contribution in [0.1, 0.15) is 21.5 Å². The number of benzene rings is 2. The predicted octanol–water partition coefficient (Wildman–Crippen LogP) is 2.76. The summed E-state index contributed by atoms with van der Waals surface area (Å²) < 4.78 is 27.8. The zero-order valence-corrected chi connectivity index (χ0v) is 15.9. The Morgan fingerprint density at radius 1 is 1.07 bits per heavy atom. The molecule has 0 bridgehead atoms. The van der Waals surface area contributed by atoms with E-state index in [1.54, 1.807) is 41.6 Å².